The van der Waals surface area contributed by atoms with Crippen LogP contribution in [0.3, 0.4) is 0 Å². The summed E-state index contributed by atoms with van der Waals surface area (Å²) >= 11 is 1.63. The third-order valence-electron chi connectivity index (χ3n) is 3.41. The van der Waals surface area contributed by atoms with Crippen molar-refractivity contribution in [3.05, 3.63) is 58.6 Å². The van der Waals surface area contributed by atoms with Crippen LogP contribution in [0.15, 0.2) is 47.6 Å². The maximum Gasteiger partial charge on any atom is 0.291 e. The predicted octanol–water partition coefficient (Wildman–Crippen LogP) is 3.31. The van der Waals surface area contributed by atoms with Crippen LogP contribution < -0.4 is 5.43 Å². The molecule has 6 nitrogen and oxygen atoms in total. The number of carbonyl (C=O) groups is 1. The van der Waals surface area contributed by atoms with Gasteiger partial charge >= 0.3 is 0 Å². The van der Waals surface area contributed by atoms with E-state index >= 15 is 0 Å². The summed E-state index contributed by atoms with van der Waals surface area (Å²) in [6, 6.07) is 12.4. The highest BCUT2D eigenvalue weighted by molar-refractivity contribution is 7.15. The molecule has 0 bridgehead atoms. The highest BCUT2D eigenvalue weighted by atomic mass is 32.1. The number of amides is 1. The number of rotatable bonds is 4. The number of H-pyrrole nitrogens is 1. The van der Waals surface area contributed by atoms with Crippen LogP contribution in [-0.4, -0.2) is 26.9 Å². The monoisotopic (exact) mass is 340 g/mol. The topological polar surface area (TPSA) is 90.4 Å². The molecule has 0 spiro atoms. The number of aryl methyl sites for hydroxylation is 1. The predicted molar refractivity (Wildman–Crippen MR) is 94.4 cm³/mol. The number of aromatic nitrogens is 2. The molecule has 7 heteroatoms. The summed E-state index contributed by atoms with van der Waals surface area (Å²) in [7, 11) is 0. The molecule has 0 aliphatic rings. The van der Waals surface area contributed by atoms with E-state index in [1.165, 1.54) is 4.88 Å². The van der Waals surface area contributed by atoms with Gasteiger partial charge in [0, 0.05) is 10.4 Å². The SMILES string of the molecule is C/C(=N/NC(=O)c1cc(-c2ccc(C)s2)[nH]n1)c1cccc(O)c1. The molecule has 1 aromatic carbocycles. The van der Waals surface area contributed by atoms with Gasteiger partial charge in [-0.15, -0.1) is 11.3 Å². The zero-order valence-corrected chi connectivity index (χ0v) is 14.0. The molecule has 0 aliphatic heterocycles. The summed E-state index contributed by atoms with van der Waals surface area (Å²) in [5, 5.41) is 20.4. The first-order valence-corrected chi connectivity index (χ1v) is 8.11. The average Bonchev–Trinajstić information content (AvgIpc) is 3.21. The Morgan fingerprint density at radius 1 is 1.29 bits per heavy atom. The fourth-order valence-electron chi connectivity index (χ4n) is 2.13. The van der Waals surface area contributed by atoms with Crippen molar-refractivity contribution in [3.63, 3.8) is 0 Å². The Labute approximate surface area is 142 Å². The molecule has 0 fully saturated rings. The largest absolute Gasteiger partial charge is 0.508 e. The molecular weight excluding hydrogens is 324 g/mol. The van der Waals surface area contributed by atoms with Crippen LogP contribution in [0.4, 0.5) is 0 Å². The summed E-state index contributed by atoms with van der Waals surface area (Å²) in [4.78, 5) is 14.4. The molecule has 2 heterocycles. The van der Waals surface area contributed by atoms with Crippen molar-refractivity contribution in [3.8, 4) is 16.3 Å². The molecule has 0 saturated heterocycles. The minimum Gasteiger partial charge on any atom is -0.508 e. The first kappa shape index (κ1) is 15.9. The lowest BCUT2D eigenvalue weighted by Gasteiger charge is -2.02. The number of phenols is 1. The van der Waals surface area contributed by atoms with E-state index in [2.05, 4.69) is 20.7 Å². The third kappa shape index (κ3) is 3.52. The highest BCUT2D eigenvalue weighted by Crippen LogP contribution is 2.26. The fraction of sp³-hybridized carbons (Fsp3) is 0.118. The summed E-state index contributed by atoms with van der Waals surface area (Å²) in [6.45, 7) is 3.77. The summed E-state index contributed by atoms with van der Waals surface area (Å²) in [5.74, 6) is -0.248. The molecule has 2 aromatic heterocycles. The van der Waals surface area contributed by atoms with Gasteiger partial charge in [-0.1, -0.05) is 12.1 Å². The maximum atomic E-state index is 12.2. The van der Waals surface area contributed by atoms with Gasteiger partial charge in [-0.2, -0.15) is 10.2 Å². The Balaban J connectivity index is 1.71. The molecule has 0 unspecified atom stereocenters. The van der Waals surface area contributed by atoms with Crippen LogP contribution in [0.5, 0.6) is 5.75 Å². The van der Waals surface area contributed by atoms with E-state index in [0.717, 1.165) is 16.1 Å². The van der Waals surface area contributed by atoms with Crippen LogP contribution in [0.25, 0.3) is 10.6 Å². The van der Waals surface area contributed by atoms with Gasteiger partial charge in [-0.25, -0.2) is 5.43 Å². The number of aromatic amines is 1. The molecule has 3 aromatic rings. The molecule has 0 atom stereocenters. The van der Waals surface area contributed by atoms with E-state index in [1.807, 2.05) is 19.1 Å². The number of carbonyl (C=O) groups excluding carboxylic acids is 1. The van der Waals surface area contributed by atoms with Crippen molar-refractivity contribution >= 4 is 23.0 Å². The Kier molecular flexibility index (Phi) is 4.43. The first-order valence-electron chi connectivity index (χ1n) is 7.29. The lowest BCUT2D eigenvalue weighted by atomic mass is 10.1. The van der Waals surface area contributed by atoms with Gasteiger partial charge in [0.2, 0.25) is 0 Å². The lowest BCUT2D eigenvalue weighted by Crippen LogP contribution is -2.19. The number of hydrogen-bond acceptors (Lipinski definition) is 5. The smallest absolute Gasteiger partial charge is 0.291 e. The van der Waals surface area contributed by atoms with E-state index in [0.29, 0.717) is 5.71 Å². The van der Waals surface area contributed by atoms with Gasteiger partial charge in [0.15, 0.2) is 5.69 Å². The van der Waals surface area contributed by atoms with Crippen molar-refractivity contribution in [2.75, 3.05) is 0 Å². The van der Waals surface area contributed by atoms with Gasteiger partial charge < -0.3 is 5.11 Å². The molecule has 0 aliphatic carbocycles. The molecule has 1 amide bonds. The van der Waals surface area contributed by atoms with E-state index in [1.54, 1.807) is 48.6 Å². The molecule has 122 valence electrons. The Morgan fingerprint density at radius 2 is 2.12 bits per heavy atom. The number of nitrogens with zero attached hydrogens (tertiary/aromatic N) is 2. The zero-order valence-electron chi connectivity index (χ0n) is 13.2. The van der Waals surface area contributed by atoms with Crippen LogP contribution in [0, 0.1) is 6.92 Å². The number of phenolic OH excluding ortho intramolecular Hbond substituents is 1. The van der Waals surface area contributed by atoms with E-state index in [-0.39, 0.29) is 11.4 Å². The minimum absolute atomic E-state index is 0.150. The lowest BCUT2D eigenvalue weighted by molar-refractivity contribution is 0.0950. The van der Waals surface area contributed by atoms with Gasteiger partial charge in [0.1, 0.15) is 5.75 Å². The molecule has 0 saturated carbocycles. The van der Waals surface area contributed by atoms with Crippen molar-refractivity contribution in [2.45, 2.75) is 13.8 Å². The Bertz CT molecular complexity index is 911. The average molecular weight is 340 g/mol. The van der Waals surface area contributed by atoms with Crippen molar-refractivity contribution in [2.24, 2.45) is 5.10 Å². The molecule has 3 rings (SSSR count). The van der Waals surface area contributed by atoms with Crippen LogP contribution in [0.2, 0.25) is 0 Å². The quantitative estimate of drug-likeness (QED) is 0.503. The second-order valence-corrected chi connectivity index (χ2v) is 6.55. The summed E-state index contributed by atoms with van der Waals surface area (Å²) in [5.41, 5.74) is 4.86. The molecule has 24 heavy (non-hydrogen) atoms. The van der Waals surface area contributed by atoms with E-state index in [9.17, 15) is 9.90 Å². The Hall–Kier alpha value is -2.93. The fourth-order valence-corrected chi connectivity index (χ4v) is 2.96. The maximum absolute atomic E-state index is 12.2. The number of hydrazone groups is 1. The molecular formula is C17H16N4O2S. The van der Waals surface area contributed by atoms with Crippen molar-refractivity contribution in [1.82, 2.24) is 15.6 Å². The normalized spacial score (nSPS) is 11.5. The van der Waals surface area contributed by atoms with Crippen LogP contribution in [-0.2, 0) is 0 Å². The molecule has 0 radical (unpaired) electrons. The van der Waals surface area contributed by atoms with Crippen LogP contribution in [0.1, 0.15) is 27.9 Å². The number of aromatic hydroxyl groups is 1. The summed E-state index contributed by atoms with van der Waals surface area (Å²) < 4.78 is 0. The minimum atomic E-state index is -0.398. The van der Waals surface area contributed by atoms with Crippen LogP contribution >= 0.6 is 11.3 Å². The standard InChI is InChI=1S/C17H16N4O2S/c1-10-6-7-16(24-10)14-9-15(20-19-14)17(23)21-18-11(2)12-4-3-5-13(22)8-12/h3-9,22H,1-2H3,(H,19,20)(H,21,23)/b18-11-. The second kappa shape index (κ2) is 6.67. The van der Waals surface area contributed by atoms with Gasteiger partial charge in [-0.05, 0) is 44.2 Å². The van der Waals surface area contributed by atoms with Gasteiger partial charge in [0.05, 0.1) is 16.3 Å². The van der Waals surface area contributed by atoms with Gasteiger partial charge in [0.25, 0.3) is 5.91 Å². The zero-order chi connectivity index (χ0) is 17.1. The first-order chi connectivity index (χ1) is 11.5. The summed E-state index contributed by atoms with van der Waals surface area (Å²) in [6.07, 6.45) is 0. The highest BCUT2D eigenvalue weighted by Gasteiger charge is 2.12. The molecule has 3 N–H and O–H groups in total. The van der Waals surface area contributed by atoms with Crippen molar-refractivity contribution < 1.29 is 9.90 Å². The third-order valence-corrected chi connectivity index (χ3v) is 4.44. The van der Waals surface area contributed by atoms with Crippen molar-refractivity contribution in [1.29, 1.82) is 0 Å². The Morgan fingerprint density at radius 3 is 2.83 bits per heavy atom. The number of hydrogen-bond donors (Lipinski definition) is 3. The van der Waals surface area contributed by atoms with E-state index < -0.39 is 5.91 Å². The number of benzene rings is 1. The second-order valence-electron chi connectivity index (χ2n) is 5.27. The number of nitrogens with one attached hydrogen (secondary N) is 2. The number of thiophene rings is 1. The van der Waals surface area contributed by atoms with E-state index in [4.69, 9.17) is 0 Å². The van der Waals surface area contributed by atoms with Gasteiger partial charge in [-0.3, -0.25) is 9.89 Å².